The quantitative estimate of drug-likeness (QED) is 0.609. The van der Waals surface area contributed by atoms with Crippen molar-refractivity contribution >= 4 is 35.7 Å². The van der Waals surface area contributed by atoms with Crippen LogP contribution in [-0.2, 0) is 19.5 Å². The van der Waals surface area contributed by atoms with Crippen molar-refractivity contribution in [2.75, 3.05) is 0 Å². The van der Waals surface area contributed by atoms with E-state index in [1.165, 1.54) is 0 Å². The first-order valence-corrected chi connectivity index (χ1v) is 6.71. The Bertz CT molecular complexity index is 27.0. The maximum atomic E-state index is 4.34. The van der Waals surface area contributed by atoms with E-state index < -0.39 is 0 Å². The van der Waals surface area contributed by atoms with Crippen LogP contribution in [0.5, 0.6) is 0 Å². The Morgan fingerprint density at radius 2 is 1.25 bits per heavy atom. The van der Waals surface area contributed by atoms with Gasteiger partial charge in [-0.25, -0.2) is 0 Å². The normalized spacial score (nSPS) is 3.00. The van der Waals surface area contributed by atoms with Crippen LogP contribution in [0.25, 0.3) is 0 Å². The maximum absolute atomic E-state index is 4.34. The molecular weight excluding hydrogens is 295 g/mol. The van der Waals surface area contributed by atoms with Gasteiger partial charge in [0.25, 0.3) is 0 Å². The second kappa shape index (κ2) is 8.85. The Labute approximate surface area is 54.6 Å². The summed E-state index contributed by atoms with van der Waals surface area (Å²) in [7, 11) is 8.68. The summed E-state index contributed by atoms with van der Waals surface area (Å²) in [5, 5.41) is 0. The van der Waals surface area contributed by atoms with Crippen LogP contribution in [0, 0.1) is 0 Å². The zero-order valence-electron chi connectivity index (χ0n) is 1.56. The molecule has 4 heteroatoms. The molecule has 0 spiro atoms. The van der Waals surface area contributed by atoms with Crippen LogP contribution < -0.4 is 0 Å². The monoisotopic (exact) mass is 297 g/mol. The predicted octanol–water partition coefficient (Wildman–Crippen LogP) is 0.913. The van der Waals surface area contributed by atoms with Crippen LogP contribution in [0.1, 0.15) is 0 Å². The molecule has 0 aromatic heterocycles. The van der Waals surface area contributed by atoms with Crippen molar-refractivity contribution in [1.82, 2.24) is 0 Å². The van der Waals surface area contributed by atoms with Gasteiger partial charge in [0.2, 0.25) is 0 Å². The van der Waals surface area contributed by atoms with Gasteiger partial charge < -0.3 is 0 Å². The first kappa shape index (κ1) is 9.29. The summed E-state index contributed by atoms with van der Waals surface area (Å²) < 4.78 is 0. The molecule has 0 radical (unpaired) electrons. The average molecular weight is 295 g/mol. The van der Waals surface area contributed by atoms with Gasteiger partial charge in [-0.3, -0.25) is 0 Å². The van der Waals surface area contributed by atoms with Crippen LogP contribution in [0.4, 0.5) is 0 Å². The molecule has 0 fully saturated rings. The topological polar surface area (TPSA) is 0 Å². The Kier molecular flexibility index (Phi) is 20.5. The summed E-state index contributed by atoms with van der Waals surface area (Å²) in [6.45, 7) is 0. The van der Waals surface area contributed by atoms with Crippen LogP contribution in [0.2, 0.25) is 0 Å². The molecule has 0 heterocycles. The van der Waals surface area contributed by atoms with Crippen molar-refractivity contribution in [3.05, 3.63) is 0 Å². The molecule has 0 bridgehead atoms. The minimum absolute atomic E-state index is 0. The van der Waals surface area contributed by atoms with Gasteiger partial charge in [-0.05, 0) is 0 Å². The second-order valence-electron chi connectivity index (χ2n) is 0.0680. The third-order valence-electron chi connectivity index (χ3n) is 0. The van der Waals surface area contributed by atoms with E-state index in [2.05, 4.69) is 18.7 Å². The summed E-state index contributed by atoms with van der Waals surface area (Å²) in [5.41, 5.74) is 0. The zero-order chi connectivity index (χ0) is 2.71. The molecule has 0 aliphatic rings. The van der Waals surface area contributed by atoms with E-state index in [1.807, 2.05) is 0 Å². The Morgan fingerprint density at radius 3 is 1.25 bits per heavy atom. The third-order valence-corrected chi connectivity index (χ3v) is 0. The Balaban J connectivity index is 0. The Hall–Kier alpha value is 1.85. The average Bonchev–Trinajstić information content (AvgIpc) is 0.918. The van der Waals surface area contributed by atoms with Crippen molar-refractivity contribution in [1.29, 1.82) is 0 Å². The van der Waals surface area contributed by atoms with Crippen LogP contribution in [0.3, 0.4) is 0 Å². The van der Waals surface area contributed by atoms with Crippen LogP contribution in [-0.4, -0.2) is 17.1 Å². The van der Waals surface area contributed by atoms with Gasteiger partial charge in [0.15, 0.2) is 0 Å². The van der Waals surface area contributed by atoms with Gasteiger partial charge in [0.05, 0.1) is 0 Å². The van der Waals surface area contributed by atoms with Crippen molar-refractivity contribution in [3.63, 3.8) is 0 Å². The van der Waals surface area contributed by atoms with Gasteiger partial charge in [-0.1, -0.05) is 0 Å². The van der Waals surface area contributed by atoms with E-state index >= 15 is 0 Å². The Morgan fingerprint density at radius 1 is 1.25 bits per heavy atom. The van der Waals surface area contributed by atoms with Gasteiger partial charge in [-0.2, -0.15) is 0 Å². The molecule has 24 valence electrons. The minimum Gasteiger partial charge on any atom is 3.00 e. The maximum Gasteiger partial charge on any atom is 3.00 e. The fraction of sp³-hybridized carbons (Fsp3) is 0. The number of hydrogen-bond donors (Lipinski definition) is 0. The minimum atomic E-state index is -0.363. The summed E-state index contributed by atoms with van der Waals surface area (Å²) >= 11 is -0.363. The molecule has 0 amide bonds. The first-order chi connectivity index (χ1) is 1.41. The largest absolute Gasteiger partial charge is 3.00 e. The van der Waals surface area contributed by atoms with E-state index in [0.29, 0.717) is 0 Å². The summed E-state index contributed by atoms with van der Waals surface area (Å²) in [5.74, 6) is 0. The predicted molar refractivity (Wildman–Crippen MR) is 20.9 cm³/mol. The molecule has 0 nitrogen and oxygen atoms in total. The molecule has 0 aliphatic heterocycles. The van der Waals surface area contributed by atoms with E-state index in [-0.39, 0.29) is 36.5 Å². The molecule has 0 aliphatic carbocycles. The van der Waals surface area contributed by atoms with Crippen molar-refractivity contribution in [3.8, 4) is 0 Å². The summed E-state index contributed by atoms with van der Waals surface area (Å²) in [6, 6.07) is 0. The fourth-order valence-corrected chi connectivity index (χ4v) is 0. The smallest absolute Gasteiger partial charge is 3.00 e. The second-order valence-corrected chi connectivity index (χ2v) is 4.11. The molecule has 0 N–H and O–H groups in total. The van der Waals surface area contributed by atoms with E-state index in [9.17, 15) is 0 Å². The van der Waals surface area contributed by atoms with E-state index in [0.717, 1.165) is 0 Å². The molecule has 4 heavy (non-hydrogen) atoms. The molecule has 0 aromatic rings. The molecule has 0 atom stereocenters. The van der Waals surface area contributed by atoms with Crippen molar-refractivity contribution in [2.24, 2.45) is 0 Å². The SMILES string of the molecule is S=[Te]=S.[Rh+3]. The van der Waals surface area contributed by atoms with Crippen LogP contribution in [0.15, 0.2) is 0 Å². The van der Waals surface area contributed by atoms with Gasteiger partial charge in [0.1, 0.15) is 0 Å². The standard InChI is InChI=1S/Rh.S2Te/c;1-3-2/q+3;. The van der Waals surface area contributed by atoms with Gasteiger partial charge in [-0.15, -0.1) is 0 Å². The van der Waals surface area contributed by atoms with E-state index in [1.54, 1.807) is 0 Å². The van der Waals surface area contributed by atoms with Crippen molar-refractivity contribution in [2.45, 2.75) is 0 Å². The zero-order valence-corrected chi connectivity index (χ0v) is 7.16. The summed E-state index contributed by atoms with van der Waals surface area (Å²) in [6.07, 6.45) is 0. The molecule has 0 saturated heterocycles. The number of hydrogen-bond acceptors (Lipinski definition) is 2. The van der Waals surface area contributed by atoms with Crippen molar-refractivity contribution < 1.29 is 19.5 Å². The first-order valence-electron chi connectivity index (χ1n) is 0.333. The molecular formula is RhS2Te+3. The van der Waals surface area contributed by atoms with Gasteiger partial charge in [0, 0.05) is 0 Å². The third kappa shape index (κ3) is 9.13. The molecule has 0 aromatic carbocycles. The summed E-state index contributed by atoms with van der Waals surface area (Å²) in [4.78, 5) is 0. The fourth-order valence-electron chi connectivity index (χ4n) is 0. The van der Waals surface area contributed by atoms with Crippen LogP contribution >= 0.6 is 18.7 Å². The molecule has 0 unspecified atom stereocenters. The van der Waals surface area contributed by atoms with E-state index in [4.69, 9.17) is 0 Å². The number of rotatable bonds is 0. The van der Waals surface area contributed by atoms with Gasteiger partial charge >= 0.3 is 55.2 Å². The molecule has 0 rings (SSSR count). The molecule has 0 saturated carbocycles.